The van der Waals surface area contributed by atoms with Crippen molar-refractivity contribution in [3.63, 3.8) is 0 Å². The number of aryl methyl sites for hydroxylation is 1. The third-order valence-corrected chi connectivity index (χ3v) is 5.60. The summed E-state index contributed by atoms with van der Waals surface area (Å²) in [5, 5.41) is 41.2. The third kappa shape index (κ3) is 6.43. The highest BCUT2D eigenvalue weighted by molar-refractivity contribution is 5.51. The van der Waals surface area contributed by atoms with Gasteiger partial charge in [-0.25, -0.2) is 4.98 Å². The molecular formula is C23H35N3O6. The van der Waals surface area contributed by atoms with E-state index < -0.39 is 31.0 Å². The molecule has 0 aliphatic carbocycles. The second-order valence-corrected chi connectivity index (χ2v) is 8.11. The lowest BCUT2D eigenvalue weighted by Crippen LogP contribution is -2.51. The van der Waals surface area contributed by atoms with Crippen molar-refractivity contribution in [3.8, 4) is 5.75 Å². The second-order valence-electron chi connectivity index (χ2n) is 8.11. The summed E-state index contributed by atoms with van der Waals surface area (Å²) in [6.07, 6.45) is 1.01. The summed E-state index contributed by atoms with van der Waals surface area (Å²) in [5.41, 5.74) is 0.817. The Morgan fingerprint density at radius 2 is 2.03 bits per heavy atom. The monoisotopic (exact) mass is 449 g/mol. The molecule has 0 saturated heterocycles. The van der Waals surface area contributed by atoms with Crippen LogP contribution in [0.15, 0.2) is 36.7 Å². The summed E-state index contributed by atoms with van der Waals surface area (Å²) in [4.78, 5) is 6.39. The predicted octanol–water partition coefficient (Wildman–Crippen LogP) is 0.932. The summed E-state index contributed by atoms with van der Waals surface area (Å²) < 4.78 is 13.6. The number of aromatic nitrogens is 2. The number of aliphatic hydroxyl groups is 4. The van der Waals surface area contributed by atoms with E-state index in [1.807, 2.05) is 35.4 Å². The van der Waals surface area contributed by atoms with Crippen molar-refractivity contribution in [2.75, 3.05) is 31.3 Å². The number of benzene rings is 1. The van der Waals surface area contributed by atoms with Crippen molar-refractivity contribution in [1.29, 1.82) is 0 Å². The average Bonchev–Trinajstić information content (AvgIpc) is 3.23. The molecule has 178 valence electrons. The van der Waals surface area contributed by atoms with Gasteiger partial charge in [0.05, 0.1) is 25.9 Å². The van der Waals surface area contributed by atoms with Crippen LogP contribution in [-0.4, -0.2) is 80.8 Å². The fourth-order valence-corrected chi connectivity index (χ4v) is 3.85. The SMILES string of the molecule is CCCn1ccnc1CN1C[C@@H](O)[C@@H](O)[C@@H]([C@H](O)CO)OCCCCOc2cccc1c2. The Kier molecular flexibility index (Phi) is 9.31. The zero-order valence-corrected chi connectivity index (χ0v) is 18.6. The van der Waals surface area contributed by atoms with E-state index in [9.17, 15) is 20.4 Å². The van der Waals surface area contributed by atoms with Gasteiger partial charge in [0.2, 0.25) is 0 Å². The standard InChI is InChI=1S/C23H35N3O6/c1-2-9-25-10-8-24-21(25)15-26-14-19(28)22(30)23(20(29)16-27)32-12-4-3-11-31-18-7-5-6-17(26)13-18/h5-8,10,13,19-20,22-23,27-30H,2-4,9,11-12,14-16H2,1H3/t19-,20-,22-,23-/m1/s1. The Morgan fingerprint density at radius 1 is 1.22 bits per heavy atom. The van der Waals surface area contributed by atoms with E-state index in [2.05, 4.69) is 16.5 Å². The van der Waals surface area contributed by atoms with Gasteiger partial charge in [-0.2, -0.15) is 0 Å². The van der Waals surface area contributed by atoms with Crippen molar-refractivity contribution < 1.29 is 29.9 Å². The highest BCUT2D eigenvalue weighted by atomic mass is 16.5. The van der Waals surface area contributed by atoms with Crippen molar-refractivity contribution in [2.24, 2.45) is 0 Å². The van der Waals surface area contributed by atoms with Gasteiger partial charge in [0.25, 0.3) is 0 Å². The quantitative estimate of drug-likeness (QED) is 0.514. The number of ether oxygens (including phenoxy) is 2. The number of fused-ring (bicyclic) bond motifs is 2. The molecule has 4 atom stereocenters. The van der Waals surface area contributed by atoms with E-state index >= 15 is 0 Å². The number of nitrogens with zero attached hydrogens (tertiary/aromatic N) is 3. The van der Waals surface area contributed by atoms with E-state index in [1.165, 1.54) is 0 Å². The van der Waals surface area contributed by atoms with E-state index in [4.69, 9.17) is 9.47 Å². The van der Waals surface area contributed by atoms with Crippen LogP contribution in [0.1, 0.15) is 32.0 Å². The van der Waals surface area contributed by atoms with Gasteiger partial charge in [-0.3, -0.25) is 0 Å². The molecule has 2 bridgehead atoms. The third-order valence-electron chi connectivity index (χ3n) is 5.60. The van der Waals surface area contributed by atoms with Crippen molar-refractivity contribution in [1.82, 2.24) is 9.55 Å². The van der Waals surface area contributed by atoms with E-state index in [1.54, 1.807) is 6.20 Å². The van der Waals surface area contributed by atoms with Crippen LogP contribution in [0.25, 0.3) is 0 Å². The molecule has 2 aromatic rings. The molecule has 1 aromatic carbocycles. The van der Waals surface area contributed by atoms with Crippen LogP contribution in [0, 0.1) is 0 Å². The molecule has 0 radical (unpaired) electrons. The first-order valence-electron chi connectivity index (χ1n) is 11.3. The largest absolute Gasteiger partial charge is 0.494 e. The van der Waals surface area contributed by atoms with Crippen LogP contribution < -0.4 is 9.64 Å². The Labute approximate surface area is 188 Å². The molecule has 1 aliphatic heterocycles. The molecule has 0 spiro atoms. The number of imidazole rings is 1. The Balaban J connectivity index is 1.90. The number of β-amino-alcohol motifs (C(OH)–C–C–N with tert-alkyl or cyclic N) is 1. The summed E-state index contributed by atoms with van der Waals surface area (Å²) in [6, 6.07) is 7.61. The topological polar surface area (TPSA) is 120 Å². The van der Waals surface area contributed by atoms with Crippen molar-refractivity contribution in [3.05, 3.63) is 42.5 Å². The summed E-state index contributed by atoms with van der Waals surface area (Å²) in [6.45, 7) is 3.61. The van der Waals surface area contributed by atoms with E-state index in [-0.39, 0.29) is 13.2 Å². The molecule has 2 heterocycles. The molecule has 0 amide bonds. The molecule has 32 heavy (non-hydrogen) atoms. The lowest BCUT2D eigenvalue weighted by Gasteiger charge is -2.34. The van der Waals surface area contributed by atoms with Crippen LogP contribution >= 0.6 is 0 Å². The van der Waals surface area contributed by atoms with Crippen LogP contribution in [0.3, 0.4) is 0 Å². The minimum absolute atomic E-state index is 0.0710. The lowest BCUT2D eigenvalue weighted by atomic mass is 10.0. The van der Waals surface area contributed by atoms with Crippen LogP contribution in [0.2, 0.25) is 0 Å². The van der Waals surface area contributed by atoms with E-state index in [0.717, 1.165) is 36.6 Å². The fourth-order valence-electron chi connectivity index (χ4n) is 3.85. The first-order valence-corrected chi connectivity index (χ1v) is 11.3. The maximum atomic E-state index is 10.9. The minimum Gasteiger partial charge on any atom is -0.494 e. The number of hydrogen-bond donors (Lipinski definition) is 4. The van der Waals surface area contributed by atoms with Gasteiger partial charge in [-0.15, -0.1) is 0 Å². The summed E-state index contributed by atoms with van der Waals surface area (Å²) in [5.74, 6) is 1.56. The normalized spacial score (nSPS) is 23.9. The fraction of sp³-hybridized carbons (Fsp3) is 0.609. The number of hydrogen-bond acceptors (Lipinski definition) is 8. The van der Waals surface area contributed by atoms with E-state index in [0.29, 0.717) is 19.6 Å². The molecule has 3 rings (SSSR count). The lowest BCUT2D eigenvalue weighted by molar-refractivity contribution is -0.141. The van der Waals surface area contributed by atoms with Crippen molar-refractivity contribution in [2.45, 2.75) is 63.7 Å². The first-order chi connectivity index (χ1) is 15.5. The smallest absolute Gasteiger partial charge is 0.128 e. The maximum Gasteiger partial charge on any atom is 0.128 e. The minimum atomic E-state index is -1.38. The molecule has 0 saturated carbocycles. The van der Waals surface area contributed by atoms with Gasteiger partial charge in [-0.05, 0) is 31.4 Å². The molecule has 1 aromatic heterocycles. The molecule has 0 fully saturated rings. The highest BCUT2D eigenvalue weighted by Crippen LogP contribution is 2.25. The molecular weight excluding hydrogens is 414 g/mol. The second kappa shape index (κ2) is 12.2. The molecule has 1 aliphatic rings. The number of anilines is 1. The Hall–Kier alpha value is -2.17. The average molecular weight is 450 g/mol. The highest BCUT2D eigenvalue weighted by Gasteiger charge is 2.34. The molecule has 0 unspecified atom stereocenters. The maximum absolute atomic E-state index is 10.9. The first kappa shape index (κ1) is 24.5. The van der Waals surface area contributed by atoms with Gasteiger partial charge >= 0.3 is 0 Å². The predicted molar refractivity (Wildman–Crippen MR) is 120 cm³/mol. The summed E-state index contributed by atoms with van der Waals surface area (Å²) >= 11 is 0. The van der Waals surface area contributed by atoms with Crippen molar-refractivity contribution >= 4 is 5.69 Å². The van der Waals surface area contributed by atoms with Gasteiger partial charge < -0.3 is 39.4 Å². The molecule has 9 nitrogen and oxygen atoms in total. The van der Waals surface area contributed by atoms with Gasteiger partial charge in [0, 0.05) is 43.8 Å². The summed E-state index contributed by atoms with van der Waals surface area (Å²) in [7, 11) is 0. The zero-order valence-electron chi connectivity index (χ0n) is 18.6. The number of aliphatic hydroxyl groups excluding tert-OH is 4. The van der Waals surface area contributed by atoms with Crippen LogP contribution in [0.4, 0.5) is 5.69 Å². The van der Waals surface area contributed by atoms with Gasteiger partial charge in [0.15, 0.2) is 0 Å². The van der Waals surface area contributed by atoms with Crippen LogP contribution in [0.5, 0.6) is 5.75 Å². The van der Waals surface area contributed by atoms with Crippen LogP contribution in [-0.2, 0) is 17.8 Å². The Bertz CT molecular complexity index is 817. The van der Waals surface area contributed by atoms with Gasteiger partial charge in [0.1, 0.15) is 29.9 Å². The van der Waals surface area contributed by atoms with Gasteiger partial charge in [-0.1, -0.05) is 13.0 Å². The Morgan fingerprint density at radius 3 is 2.81 bits per heavy atom. The number of rotatable bonds is 6. The zero-order chi connectivity index (χ0) is 22.9. The molecule has 4 N–H and O–H groups in total. The molecule has 9 heteroatoms.